The summed E-state index contributed by atoms with van der Waals surface area (Å²) in [6, 6.07) is 13.8. The third kappa shape index (κ3) is 7.41. The lowest BCUT2D eigenvalue weighted by atomic mass is 10.1. The number of benzene rings is 2. The molecule has 0 radical (unpaired) electrons. The Balaban J connectivity index is 0.00000385. The van der Waals surface area contributed by atoms with E-state index in [-0.39, 0.29) is 35.9 Å². The minimum Gasteiger partial charge on any atom is -0.497 e. The Kier molecular flexibility index (Phi) is 10.6. The van der Waals surface area contributed by atoms with Gasteiger partial charge in [-0.3, -0.25) is 9.79 Å². The van der Waals surface area contributed by atoms with Gasteiger partial charge in [0.25, 0.3) is 5.91 Å². The van der Waals surface area contributed by atoms with Gasteiger partial charge in [-0.2, -0.15) is 0 Å². The number of rotatable bonds is 8. The van der Waals surface area contributed by atoms with Crippen LogP contribution in [-0.2, 0) is 6.54 Å². The summed E-state index contributed by atoms with van der Waals surface area (Å²) in [5, 5.41) is 9.67. The molecule has 1 amide bonds. The fourth-order valence-corrected chi connectivity index (χ4v) is 3.70. The smallest absolute Gasteiger partial charge is 0.251 e. The second-order valence-corrected chi connectivity index (χ2v) is 7.63. The van der Waals surface area contributed by atoms with Gasteiger partial charge in [-0.15, -0.1) is 24.0 Å². The molecule has 8 nitrogen and oxygen atoms in total. The van der Waals surface area contributed by atoms with Gasteiger partial charge < -0.3 is 30.3 Å². The normalized spacial score (nSPS) is 15.5. The van der Waals surface area contributed by atoms with Crippen molar-refractivity contribution in [1.82, 2.24) is 16.0 Å². The van der Waals surface area contributed by atoms with Crippen molar-refractivity contribution in [2.75, 3.05) is 45.8 Å². The predicted octanol–water partition coefficient (Wildman–Crippen LogP) is 3.02. The molecular weight excluding hydrogens is 533 g/mol. The summed E-state index contributed by atoms with van der Waals surface area (Å²) in [5.41, 5.74) is 2.83. The topological polar surface area (TPSA) is 87.2 Å². The molecule has 1 aliphatic rings. The first-order valence-corrected chi connectivity index (χ1v) is 10.9. The zero-order valence-corrected chi connectivity index (χ0v) is 22.0. The number of hydrogen-bond acceptors (Lipinski definition) is 5. The number of halogens is 1. The number of carbonyl (C=O) groups is 1. The summed E-state index contributed by atoms with van der Waals surface area (Å²) in [5.74, 6) is 2.27. The van der Waals surface area contributed by atoms with Crippen LogP contribution in [0.15, 0.2) is 47.5 Å². The molecule has 2 aromatic carbocycles. The predicted molar refractivity (Wildman–Crippen MR) is 143 cm³/mol. The molecule has 1 atom stereocenters. The molecule has 33 heavy (non-hydrogen) atoms. The molecule has 3 N–H and O–H groups in total. The highest BCUT2D eigenvalue weighted by Crippen LogP contribution is 2.30. The van der Waals surface area contributed by atoms with E-state index in [0.717, 1.165) is 48.2 Å². The van der Waals surface area contributed by atoms with Crippen molar-refractivity contribution in [2.45, 2.75) is 25.9 Å². The van der Waals surface area contributed by atoms with E-state index in [1.807, 2.05) is 49.4 Å². The summed E-state index contributed by atoms with van der Waals surface area (Å²) in [6.45, 7) is 4.95. The second-order valence-electron chi connectivity index (χ2n) is 7.63. The summed E-state index contributed by atoms with van der Waals surface area (Å²) in [4.78, 5) is 18.6. The van der Waals surface area contributed by atoms with Crippen molar-refractivity contribution < 1.29 is 14.3 Å². The minimum absolute atomic E-state index is 0. The van der Waals surface area contributed by atoms with Gasteiger partial charge in [0, 0.05) is 68.7 Å². The van der Waals surface area contributed by atoms with E-state index in [1.165, 1.54) is 0 Å². The first-order chi connectivity index (χ1) is 15.6. The molecule has 180 valence electrons. The zero-order valence-electron chi connectivity index (χ0n) is 19.7. The van der Waals surface area contributed by atoms with Gasteiger partial charge in [0.15, 0.2) is 5.96 Å². The first-order valence-electron chi connectivity index (χ1n) is 10.9. The highest BCUT2D eigenvalue weighted by atomic mass is 127. The molecule has 0 aromatic heterocycles. The molecule has 1 aliphatic heterocycles. The molecule has 1 unspecified atom stereocenters. The summed E-state index contributed by atoms with van der Waals surface area (Å²) < 4.78 is 10.8. The second kappa shape index (κ2) is 13.1. The molecule has 3 rings (SSSR count). The highest BCUT2D eigenvalue weighted by molar-refractivity contribution is 14.0. The average Bonchev–Trinajstić information content (AvgIpc) is 3.30. The van der Waals surface area contributed by atoms with E-state index in [9.17, 15) is 4.79 Å². The Morgan fingerprint density at radius 1 is 1.09 bits per heavy atom. The number of hydrogen-bond donors (Lipinski definition) is 3. The molecule has 0 spiro atoms. The van der Waals surface area contributed by atoms with Gasteiger partial charge >= 0.3 is 0 Å². The van der Waals surface area contributed by atoms with Crippen molar-refractivity contribution in [3.05, 3.63) is 53.6 Å². The Morgan fingerprint density at radius 3 is 2.33 bits per heavy atom. The molecule has 0 bridgehead atoms. The SMILES string of the molecule is CCNC(=O)c1ccc(CNC(=NC)NC2CCN(c3cc(OC)cc(OC)c3)C2)cc1.I. The molecule has 0 aliphatic carbocycles. The van der Waals surface area contributed by atoms with Crippen molar-refractivity contribution in [2.24, 2.45) is 4.99 Å². The molecule has 9 heteroatoms. The van der Waals surface area contributed by atoms with E-state index in [1.54, 1.807) is 21.3 Å². The minimum atomic E-state index is -0.0519. The molecular formula is C24H34IN5O3. The number of carbonyl (C=O) groups excluding carboxylic acids is 1. The lowest BCUT2D eigenvalue weighted by Crippen LogP contribution is -2.44. The number of methoxy groups -OCH3 is 2. The van der Waals surface area contributed by atoms with Gasteiger partial charge in [-0.25, -0.2) is 0 Å². The summed E-state index contributed by atoms with van der Waals surface area (Å²) in [7, 11) is 5.10. The van der Waals surface area contributed by atoms with E-state index in [0.29, 0.717) is 18.7 Å². The van der Waals surface area contributed by atoms with Gasteiger partial charge in [-0.05, 0) is 31.0 Å². The van der Waals surface area contributed by atoms with Gasteiger partial charge in [0.05, 0.1) is 14.2 Å². The van der Waals surface area contributed by atoms with Crippen LogP contribution in [0.3, 0.4) is 0 Å². The zero-order chi connectivity index (χ0) is 22.9. The molecule has 1 saturated heterocycles. The Morgan fingerprint density at radius 2 is 1.76 bits per heavy atom. The van der Waals surface area contributed by atoms with E-state index in [2.05, 4.69) is 25.8 Å². The maximum Gasteiger partial charge on any atom is 0.251 e. The van der Waals surface area contributed by atoms with Gasteiger partial charge in [0.1, 0.15) is 11.5 Å². The van der Waals surface area contributed by atoms with Crippen molar-refractivity contribution in [3.63, 3.8) is 0 Å². The summed E-state index contributed by atoms with van der Waals surface area (Å²) in [6.07, 6.45) is 1.00. The number of anilines is 1. The van der Waals surface area contributed by atoms with Crippen LogP contribution in [-0.4, -0.2) is 58.8 Å². The van der Waals surface area contributed by atoms with Crippen LogP contribution >= 0.6 is 24.0 Å². The van der Waals surface area contributed by atoms with Crippen LogP contribution in [0.25, 0.3) is 0 Å². The first kappa shape index (κ1) is 26.6. The lowest BCUT2D eigenvalue weighted by Gasteiger charge is -2.21. The molecule has 1 heterocycles. The van der Waals surface area contributed by atoms with Crippen LogP contribution in [0.2, 0.25) is 0 Å². The van der Waals surface area contributed by atoms with Crippen LogP contribution < -0.4 is 30.3 Å². The Hall–Kier alpha value is -2.69. The maximum atomic E-state index is 11.9. The maximum absolute atomic E-state index is 11.9. The lowest BCUT2D eigenvalue weighted by molar-refractivity contribution is 0.0956. The quantitative estimate of drug-likeness (QED) is 0.259. The third-order valence-corrected chi connectivity index (χ3v) is 5.47. The van der Waals surface area contributed by atoms with Crippen molar-refractivity contribution in [1.29, 1.82) is 0 Å². The van der Waals surface area contributed by atoms with Crippen LogP contribution in [0, 0.1) is 0 Å². The highest BCUT2D eigenvalue weighted by Gasteiger charge is 2.24. The molecule has 2 aromatic rings. The molecule has 0 saturated carbocycles. The number of nitrogens with zero attached hydrogens (tertiary/aromatic N) is 2. The monoisotopic (exact) mass is 567 g/mol. The van der Waals surface area contributed by atoms with E-state index in [4.69, 9.17) is 9.47 Å². The average molecular weight is 567 g/mol. The van der Waals surface area contributed by atoms with Crippen LogP contribution in [0.4, 0.5) is 5.69 Å². The summed E-state index contributed by atoms with van der Waals surface area (Å²) >= 11 is 0. The van der Waals surface area contributed by atoms with Crippen molar-refractivity contribution in [3.8, 4) is 11.5 Å². The molecule has 1 fully saturated rings. The number of ether oxygens (including phenoxy) is 2. The van der Waals surface area contributed by atoms with Gasteiger partial charge in [0.2, 0.25) is 0 Å². The number of nitrogens with one attached hydrogen (secondary N) is 3. The fraction of sp³-hybridized carbons (Fsp3) is 0.417. The van der Waals surface area contributed by atoms with Crippen LogP contribution in [0.1, 0.15) is 29.3 Å². The third-order valence-electron chi connectivity index (χ3n) is 5.47. The van der Waals surface area contributed by atoms with Crippen LogP contribution in [0.5, 0.6) is 11.5 Å². The fourth-order valence-electron chi connectivity index (χ4n) is 3.70. The Labute approximate surface area is 213 Å². The van der Waals surface area contributed by atoms with E-state index >= 15 is 0 Å². The number of amides is 1. The van der Waals surface area contributed by atoms with E-state index < -0.39 is 0 Å². The Bertz CT molecular complexity index is 914. The largest absolute Gasteiger partial charge is 0.497 e. The van der Waals surface area contributed by atoms with Crippen molar-refractivity contribution >= 4 is 41.5 Å². The van der Waals surface area contributed by atoms with Gasteiger partial charge in [-0.1, -0.05) is 12.1 Å². The number of guanidine groups is 1. The standard InChI is InChI=1S/C24H33N5O3.HI/c1-5-26-23(30)18-8-6-17(7-9-18)15-27-24(25-2)28-19-10-11-29(16-19)20-12-21(31-3)14-22(13-20)32-4;/h6-9,12-14,19H,5,10-11,15-16H2,1-4H3,(H,26,30)(H2,25,27,28);1H. The number of aliphatic imine (C=N–C) groups is 1.